The van der Waals surface area contributed by atoms with Crippen LogP contribution >= 0.6 is 0 Å². The van der Waals surface area contributed by atoms with Crippen LogP contribution in [0.1, 0.15) is 168 Å². The van der Waals surface area contributed by atoms with Crippen molar-refractivity contribution in [1.82, 2.24) is 37.2 Å². The number of hydrogen-bond donors (Lipinski definition) is 11. The number of carboxylic acid groups (broad SMARTS) is 2. The SMILES string of the molecule is CCCNC(=O)c1cc(C(=O)NCCC)cc([N+](=O)[O-])c1.CCCNC(=O)c1cc(N)cc(C(=O)NCCC)c1.CCCNC(=O)c1cc(NC(=O)CNC(=O)OCc2ccccc2)cc(C(=O)NCCC)c1.O=C(O)c1cc(C(=O)O)cc([N+](=O)[O-])c1. The van der Waals surface area contributed by atoms with Gasteiger partial charge in [-0.2, -0.15) is 0 Å². The summed E-state index contributed by atoms with van der Waals surface area (Å²) in [6, 6.07) is 24.5. The van der Waals surface area contributed by atoms with E-state index in [0.717, 1.165) is 62.3 Å². The van der Waals surface area contributed by atoms with Crippen molar-refractivity contribution in [3.8, 4) is 0 Å². The van der Waals surface area contributed by atoms with Crippen LogP contribution in [-0.4, -0.2) is 125 Å². The lowest BCUT2D eigenvalue weighted by atomic mass is 10.1. The zero-order valence-electron chi connectivity index (χ0n) is 49.7. The van der Waals surface area contributed by atoms with Crippen LogP contribution in [0.25, 0.3) is 0 Å². The molecule has 5 aromatic rings. The fourth-order valence-corrected chi connectivity index (χ4v) is 6.99. The average molecular weight is 1220 g/mol. The topological polar surface area (TPSA) is 429 Å². The third-order valence-corrected chi connectivity index (χ3v) is 11.3. The Bertz CT molecular complexity index is 3060. The highest BCUT2D eigenvalue weighted by molar-refractivity contribution is 6.04. The number of nitro benzene ring substituents is 2. The molecule has 0 saturated heterocycles. The molecule has 8 amide bonds. The van der Waals surface area contributed by atoms with Gasteiger partial charge in [0.05, 0.1) is 21.0 Å². The largest absolute Gasteiger partial charge is 0.478 e. The zero-order valence-corrected chi connectivity index (χ0v) is 49.7. The number of rotatable bonds is 27. The molecule has 0 spiro atoms. The van der Waals surface area contributed by atoms with Gasteiger partial charge in [-0.15, -0.1) is 0 Å². The summed E-state index contributed by atoms with van der Waals surface area (Å²) in [6.45, 7) is 14.5. The summed E-state index contributed by atoms with van der Waals surface area (Å²) in [4.78, 5) is 137. The number of alkyl carbamates (subject to hydrolysis) is 1. The van der Waals surface area contributed by atoms with Crippen LogP contribution in [-0.2, 0) is 16.1 Å². The number of nitrogen functional groups attached to an aromatic ring is 1. The molecule has 0 radical (unpaired) electrons. The number of carboxylic acids is 2. The molecule has 0 heterocycles. The second-order valence-corrected chi connectivity index (χ2v) is 18.8. The lowest BCUT2D eigenvalue weighted by Gasteiger charge is -2.12. The number of hydrogen-bond acceptors (Lipinski definition) is 16. The van der Waals surface area contributed by atoms with Crippen LogP contribution in [0, 0.1) is 20.2 Å². The van der Waals surface area contributed by atoms with Crippen molar-refractivity contribution >= 4 is 82.1 Å². The van der Waals surface area contributed by atoms with Crippen LogP contribution in [0.2, 0.25) is 0 Å². The van der Waals surface area contributed by atoms with E-state index < -0.39 is 62.4 Å². The Morgan fingerprint density at radius 1 is 0.432 bits per heavy atom. The lowest BCUT2D eigenvalue weighted by molar-refractivity contribution is -0.385. The van der Waals surface area contributed by atoms with E-state index in [2.05, 4.69) is 42.5 Å². The van der Waals surface area contributed by atoms with Crippen molar-refractivity contribution in [1.29, 1.82) is 0 Å². The Balaban J connectivity index is 0.000000419. The van der Waals surface area contributed by atoms with E-state index in [-0.39, 0.29) is 70.4 Å². The molecule has 12 N–H and O–H groups in total. The molecule has 0 fully saturated rings. The van der Waals surface area contributed by atoms with Gasteiger partial charge in [0.2, 0.25) is 5.91 Å². The highest BCUT2D eigenvalue weighted by atomic mass is 16.6. The van der Waals surface area contributed by atoms with E-state index in [1.807, 2.05) is 71.9 Å². The Hall–Kier alpha value is -10.8. The first kappa shape index (κ1) is 73.3. The van der Waals surface area contributed by atoms with Crippen molar-refractivity contribution in [3.63, 3.8) is 0 Å². The highest BCUT2D eigenvalue weighted by Gasteiger charge is 2.20. The molecule has 0 aromatic heterocycles. The number of benzene rings is 5. The molecule has 5 aromatic carbocycles. The van der Waals surface area contributed by atoms with Crippen LogP contribution in [0.4, 0.5) is 27.5 Å². The minimum Gasteiger partial charge on any atom is -0.478 e. The molecule has 0 bridgehead atoms. The van der Waals surface area contributed by atoms with E-state index in [9.17, 15) is 68.2 Å². The number of amides is 8. The fourth-order valence-electron chi connectivity index (χ4n) is 6.99. The van der Waals surface area contributed by atoms with E-state index >= 15 is 0 Å². The average Bonchev–Trinajstić information content (AvgIpc) is 3.10. The summed E-state index contributed by atoms with van der Waals surface area (Å²) < 4.78 is 5.07. The lowest BCUT2D eigenvalue weighted by Crippen LogP contribution is -2.33. The summed E-state index contributed by atoms with van der Waals surface area (Å²) in [7, 11) is 0. The van der Waals surface area contributed by atoms with Gasteiger partial charge in [0.15, 0.2) is 0 Å². The van der Waals surface area contributed by atoms with Crippen molar-refractivity contribution in [2.75, 3.05) is 56.9 Å². The number of aromatic carboxylic acids is 2. The van der Waals surface area contributed by atoms with Gasteiger partial charge >= 0.3 is 18.0 Å². The quantitative estimate of drug-likeness (QED) is 0.0140. The Labute approximate surface area is 507 Å². The maximum absolute atomic E-state index is 12.4. The molecule has 28 heteroatoms. The van der Waals surface area contributed by atoms with Gasteiger partial charge in [-0.25, -0.2) is 14.4 Å². The fraction of sp³-hybridized carbons (Fsp3) is 0.333. The molecule has 0 unspecified atom stereocenters. The smallest absolute Gasteiger partial charge is 0.407 e. The van der Waals surface area contributed by atoms with Crippen molar-refractivity contribution in [2.45, 2.75) is 86.7 Å². The van der Waals surface area contributed by atoms with Gasteiger partial charge in [-0.05, 0) is 92.6 Å². The second-order valence-electron chi connectivity index (χ2n) is 18.8. The first-order chi connectivity index (χ1) is 41.9. The van der Waals surface area contributed by atoms with Gasteiger partial charge in [0.1, 0.15) is 13.2 Å². The molecular weight excluding hydrogens is 1150 g/mol. The number of nitrogens with two attached hydrogens (primary N) is 1. The number of nitrogens with zero attached hydrogens (tertiary/aromatic N) is 2. The van der Waals surface area contributed by atoms with E-state index in [0.29, 0.717) is 56.1 Å². The third kappa shape index (κ3) is 27.3. The monoisotopic (exact) mass is 1220 g/mol. The Morgan fingerprint density at radius 2 is 0.727 bits per heavy atom. The first-order valence-electron chi connectivity index (χ1n) is 28.0. The number of nitrogens with one attached hydrogen (secondary N) is 8. The molecule has 88 heavy (non-hydrogen) atoms. The molecule has 0 aliphatic heterocycles. The Kier molecular flexibility index (Phi) is 33.1. The van der Waals surface area contributed by atoms with Gasteiger partial charge in [-0.1, -0.05) is 71.9 Å². The maximum Gasteiger partial charge on any atom is 0.407 e. The predicted octanol–water partition coefficient (Wildman–Crippen LogP) is 7.25. The van der Waals surface area contributed by atoms with E-state index in [1.165, 1.54) is 36.4 Å². The van der Waals surface area contributed by atoms with E-state index in [4.69, 9.17) is 20.7 Å². The minimum atomic E-state index is -1.42. The van der Waals surface area contributed by atoms with Gasteiger partial charge < -0.3 is 63.2 Å². The van der Waals surface area contributed by atoms with Crippen LogP contribution in [0.3, 0.4) is 0 Å². The predicted molar refractivity (Wildman–Crippen MR) is 326 cm³/mol. The molecule has 5 rings (SSSR count). The zero-order chi connectivity index (χ0) is 65.7. The number of carbonyl (C=O) groups excluding carboxylic acids is 8. The molecule has 0 aliphatic rings. The minimum absolute atomic E-state index is 0.0828. The molecular formula is C60H75N11O17. The number of ether oxygens (including phenoxy) is 1. The molecule has 28 nitrogen and oxygen atoms in total. The van der Waals surface area contributed by atoms with Gasteiger partial charge in [-0.3, -0.25) is 53.8 Å². The number of anilines is 2. The number of carbonyl (C=O) groups is 10. The number of nitro groups is 2. The van der Waals surface area contributed by atoms with Crippen LogP contribution in [0.15, 0.2) is 103 Å². The third-order valence-electron chi connectivity index (χ3n) is 11.3. The highest BCUT2D eigenvalue weighted by Crippen LogP contribution is 2.20. The van der Waals surface area contributed by atoms with Crippen molar-refractivity contribution in [2.24, 2.45) is 0 Å². The molecule has 0 saturated carbocycles. The maximum atomic E-state index is 12.4. The molecule has 472 valence electrons. The first-order valence-corrected chi connectivity index (χ1v) is 28.0. The summed E-state index contributed by atoms with van der Waals surface area (Å²) in [5.74, 6) is -5.33. The summed E-state index contributed by atoms with van der Waals surface area (Å²) >= 11 is 0. The van der Waals surface area contributed by atoms with Crippen molar-refractivity contribution < 1.29 is 72.7 Å². The molecule has 0 atom stereocenters. The summed E-state index contributed by atoms with van der Waals surface area (Å²) in [5.41, 5.74) is 7.08. The van der Waals surface area contributed by atoms with E-state index in [1.54, 1.807) is 18.2 Å². The van der Waals surface area contributed by atoms with Crippen molar-refractivity contribution in [3.05, 3.63) is 173 Å². The second kappa shape index (κ2) is 39.7. The normalized spacial score (nSPS) is 9.98. The standard InChI is InChI=1S/C24H30N4O5.C14H19N3O4.C14H21N3O2.C8H5NO6/c1-3-10-25-22(30)18-12-19(23(31)26-11-4-2)14-20(13-18)28-21(29)15-27-24(32)33-16-17-8-6-5-7-9-17;1-3-5-15-13(18)10-7-11(14(19)16-6-4-2)9-12(8-10)17(20)21;1-3-5-16-13(18)10-7-11(9-12(15)8-10)14(19)17-6-4-2;10-7(11)4-1-5(8(12)13)3-6(2-4)9(14)15/h5-9,12-14H,3-4,10-11,15-16H2,1-2H3,(H,25,30)(H,26,31)(H,27,32)(H,28,29);7-9H,3-6H2,1-2H3,(H,15,18)(H,16,19);7-9H,3-6,15H2,1-2H3,(H,16,18)(H,17,19);1-3H,(H,10,11)(H,12,13). The molecule has 0 aliphatic carbocycles. The summed E-state index contributed by atoms with van der Waals surface area (Å²) in [6.07, 6.45) is 4.02. The number of non-ortho nitro benzene ring substituents is 2. The summed E-state index contributed by atoms with van der Waals surface area (Å²) in [5, 5.41) is 59.7. The van der Waals surface area contributed by atoms with Gasteiger partial charge in [0, 0.05) is 108 Å². The van der Waals surface area contributed by atoms with Crippen LogP contribution in [0.5, 0.6) is 0 Å². The van der Waals surface area contributed by atoms with Gasteiger partial charge in [0.25, 0.3) is 46.8 Å². The van der Waals surface area contributed by atoms with Crippen LogP contribution < -0.4 is 48.3 Å². The Morgan fingerprint density at radius 3 is 1.03 bits per heavy atom.